The van der Waals surface area contributed by atoms with Gasteiger partial charge in [0.05, 0.1) is 23.7 Å². The van der Waals surface area contributed by atoms with Crippen molar-refractivity contribution in [2.45, 2.75) is 24.7 Å². The molecule has 28 heavy (non-hydrogen) atoms. The van der Waals surface area contributed by atoms with Crippen LogP contribution in [0.3, 0.4) is 0 Å². The first-order chi connectivity index (χ1) is 13.4. The van der Waals surface area contributed by atoms with Gasteiger partial charge in [-0.2, -0.15) is 18.3 Å². The van der Waals surface area contributed by atoms with Crippen LogP contribution in [0.5, 0.6) is 0 Å². The third-order valence-corrected chi connectivity index (χ3v) is 5.75. The molecule has 1 aromatic heterocycles. The summed E-state index contributed by atoms with van der Waals surface area (Å²) in [6, 6.07) is 6.58. The number of alkyl halides is 3. The number of carbonyl (C=O) groups is 1. The molecule has 2 aliphatic heterocycles. The molecule has 1 fully saturated rings. The molecule has 0 radical (unpaired) electrons. The predicted octanol–water partition coefficient (Wildman–Crippen LogP) is 3.78. The number of benzene rings is 1. The van der Waals surface area contributed by atoms with Gasteiger partial charge < -0.3 is 15.0 Å². The highest BCUT2D eigenvalue weighted by molar-refractivity contribution is 9.10. The molecule has 0 spiro atoms. The van der Waals surface area contributed by atoms with E-state index in [1.807, 2.05) is 6.07 Å². The SMILES string of the molecule is O=C(c1nn2c(c1Br)N[C@H](c1ccccc1)C[C@H]2C(F)(F)F)N1CCOCC1. The highest BCUT2D eigenvalue weighted by atomic mass is 79.9. The Bertz CT molecular complexity index is 866. The Hall–Kier alpha value is -2.07. The van der Waals surface area contributed by atoms with Gasteiger partial charge in [0.2, 0.25) is 0 Å². The van der Waals surface area contributed by atoms with Gasteiger partial charge in [0.1, 0.15) is 5.82 Å². The van der Waals surface area contributed by atoms with Gasteiger partial charge in [0, 0.05) is 19.5 Å². The Morgan fingerprint density at radius 1 is 1.21 bits per heavy atom. The molecule has 1 aromatic carbocycles. The Morgan fingerprint density at radius 3 is 2.54 bits per heavy atom. The zero-order valence-corrected chi connectivity index (χ0v) is 16.3. The lowest BCUT2D eigenvalue weighted by Gasteiger charge is -2.33. The first kappa shape index (κ1) is 19.3. The molecule has 2 aromatic rings. The smallest absolute Gasteiger partial charge is 0.378 e. The van der Waals surface area contributed by atoms with Gasteiger partial charge in [0.25, 0.3) is 5.91 Å². The summed E-state index contributed by atoms with van der Waals surface area (Å²) in [6.07, 6.45) is -4.70. The summed E-state index contributed by atoms with van der Waals surface area (Å²) in [7, 11) is 0. The molecule has 6 nitrogen and oxygen atoms in total. The predicted molar refractivity (Wildman–Crippen MR) is 99.2 cm³/mol. The number of ether oxygens (including phenoxy) is 1. The van der Waals surface area contributed by atoms with E-state index in [-0.39, 0.29) is 22.4 Å². The number of hydrogen-bond acceptors (Lipinski definition) is 4. The minimum atomic E-state index is -4.49. The van der Waals surface area contributed by atoms with Gasteiger partial charge in [0.15, 0.2) is 11.7 Å². The summed E-state index contributed by atoms with van der Waals surface area (Å²) < 4.78 is 47.7. The van der Waals surface area contributed by atoms with Crippen molar-refractivity contribution in [1.29, 1.82) is 0 Å². The van der Waals surface area contributed by atoms with Crippen molar-refractivity contribution in [3.63, 3.8) is 0 Å². The maximum absolute atomic E-state index is 13.8. The summed E-state index contributed by atoms with van der Waals surface area (Å²) in [5, 5.41) is 7.18. The van der Waals surface area contributed by atoms with Gasteiger partial charge in [-0.1, -0.05) is 30.3 Å². The molecule has 10 heteroatoms. The maximum Gasteiger partial charge on any atom is 0.410 e. The number of halogens is 4. The van der Waals surface area contributed by atoms with Gasteiger partial charge >= 0.3 is 6.18 Å². The highest BCUT2D eigenvalue weighted by Crippen LogP contribution is 2.46. The van der Waals surface area contributed by atoms with Crippen molar-refractivity contribution >= 4 is 27.7 Å². The lowest BCUT2D eigenvalue weighted by atomic mass is 9.97. The second-order valence-corrected chi connectivity index (χ2v) is 7.55. The third kappa shape index (κ3) is 3.50. The second kappa shape index (κ2) is 7.40. The van der Waals surface area contributed by atoms with Gasteiger partial charge in [-0.25, -0.2) is 4.68 Å². The zero-order chi connectivity index (χ0) is 19.9. The minimum Gasteiger partial charge on any atom is -0.378 e. The molecule has 3 heterocycles. The van der Waals surface area contributed by atoms with E-state index in [2.05, 4.69) is 26.3 Å². The van der Waals surface area contributed by atoms with E-state index in [0.717, 1.165) is 10.2 Å². The maximum atomic E-state index is 13.8. The van der Waals surface area contributed by atoms with Crippen LogP contribution in [0.2, 0.25) is 0 Å². The van der Waals surface area contributed by atoms with E-state index in [1.165, 1.54) is 0 Å². The number of nitrogens with one attached hydrogen (secondary N) is 1. The van der Waals surface area contributed by atoms with Crippen LogP contribution in [-0.2, 0) is 4.74 Å². The first-order valence-electron chi connectivity index (χ1n) is 8.89. The number of amides is 1. The van der Waals surface area contributed by atoms with Crippen LogP contribution in [0.25, 0.3) is 0 Å². The van der Waals surface area contributed by atoms with E-state index in [4.69, 9.17) is 4.74 Å². The van der Waals surface area contributed by atoms with Crippen molar-refractivity contribution in [2.24, 2.45) is 0 Å². The average Bonchev–Trinajstić information content (AvgIpc) is 3.04. The van der Waals surface area contributed by atoms with E-state index in [0.29, 0.717) is 26.3 Å². The van der Waals surface area contributed by atoms with E-state index < -0.39 is 24.2 Å². The van der Waals surface area contributed by atoms with Crippen molar-refractivity contribution < 1.29 is 22.7 Å². The largest absolute Gasteiger partial charge is 0.410 e. The molecule has 4 rings (SSSR count). The fourth-order valence-electron chi connectivity index (χ4n) is 3.55. The number of anilines is 1. The van der Waals surface area contributed by atoms with Crippen LogP contribution in [-0.4, -0.2) is 53.1 Å². The molecule has 2 atom stereocenters. The normalized spacial score (nSPS) is 22.5. The quantitative estimate of drug-likeness (QED) is 0.743. The van der Waals surface area contributed by atoms with Crippen LogP contribution >= 0.6 is 15.9 Å². The van der Waals surface area contributed by atoms with Crippen molar-refractivity contribution in [3.05, 3.63) is 46.1 Å². The lowest BCUT2D eigenvalue weighted by molar-refractivity contribution is -0.173. The molecule has 1 N–H and O–H groups in total. The van der Waals surface area contributed by atoms with Crippen molar-refractivity contribution in [2.75, 3.05) is 31.6 Å². The van der Waals surface area contributed by atoms with E-state index in [1.54, 1.807) is 29.2 Å². The minimum absolute atomic E-state index is 0.0210. The summed E-state index contributed by atoms with van der Waals surface area (Å²) in [5.41, 5.74) is 0.726. The lowest BCUT2D eigenvalue weighted by Crippen LogP contribution is -2.41. The van der Waals surface area contributed by atoms with Crippen LogP contribution in [0, 0.1) is 0 Å². The highest BCUT2D eigenvalue weighted by Gasteiger charge is 2.48. The Kier molecular flexibility index (Phi) is 5.09. The summed E-state index contributed by atoms with van der Waals surface area (Å²) in [5.74, 6) is -0.241. The van der Waals surface area contributed by atoms with E-state index >= 15 is 0 Å². The fourth-order valence-corrected chi connectivity index (χ4v) is 4.09. The summed E-state index contributed by atoms with van der Waals surface area (Å²) >= 11 is 3.31. The number of carbonyl (C=O) groups excluding carboxylic acids is 1. The number of fused-ring (bicyclic) bond motifs is 1. The third-order valence-electron chi connectivity index (χ3n) is 5.00. The standard InChI is InChI=1S/C18H18BrF3N4O2/c19-14-15(17(27)25-6-8-28-9-7-25)24-26-13(18(20,21)22)10-12(23-16(14)26)11-4-2-1-3-5-11/h1-5,12-13,23H,6-10H2/t12-,13-/m0/s1. The Labute approximate surface area is 167 Å². The fraction of sp³-hybridized carbons (Fsp3) is 0.444. The first-order valence-corrected chi connectivity index (χ1v) is 9.69. The van der Waals surface area contributed by atoms with Crippen LogP contribution in [0.4, 0.5) is 19.0 Å². The zero-order valence-electron chi connectivity index (χ0n) is 14.7. The molecule has 0 saturated carbocycles. The van der Waals surface area contributed by atoms with Crippen LogP contribution in [0.15, 0.2) is 34.8 Å². The molecule has 150 valence electrons. The number of rotatable bonds is 2. The molecule has 0 unspecified atom stereocenters. The van der Waals surface area contributed by atoms with Crippen molar-refractivity contribution in [3.8, 4) is 0 Å². The Balaban J connectivity index is 1.72. The molecule has 1 amide bonds. The monoisotopic (exact) mass is 458 g/mol. The van der Waals surface area contributed by atoms with Gasteiger partial charge in [-0.15, -0.1) is 0 Å². The molecular formula is C18H18BrF3N4O2. The van der Waals surface area contributed by atoms with Gasteiger partial charge in [-0.3, -0.25) is 4.79 Å². The van der Waals surface area contributed by atoms with E-state index in [9.17, 15) is 18.0 Å². The summed E-state index contributed by atoms with van der Waals surface area (Å²) in [4.78, 5) is 14.3. The Morgan fingerprint density at radius 2 is 1.89 bits per heavy atom. The van der Waals surface area contributed by atoms with Crippen molar-refractivity contribution in [1.82, 2.24) is 14.7 Å². The van der Waals surface area contributed by atoms with Crippen LogP contribution < -0.4 is 5.32 Å². The number of nitrogens with zero attached hydrogens (tertiary/aromatic N) is 3. The average molecular weight is 459 g/mol. The number of morpholine rings is 1. The van der Waals surface area contributed by atoms with Crippen LogP contribution in [0.1, 0.15) is 34.6 Å². The molecule has 2 aliphatic rings. The molecule has 1 saturated heterocycles. The van der Waals surface area contributed by atoms with Gasteiger partial charge in [-0.05, 0) is 21.5 Å². The number of hydrogen-bond donors (Lipinski definition) is 1. The number of aromatic nitrogens is 2. The molecule has 0 aliphatic carbocycles. The topological polar surface area (TPSA) is 59.4 Å². The molecule has 0 bridgehead atoms. The summed E-state index contributed by atoms with van der Waals surface area (Å²) in [6.45, 7) is 1.57. The second-order valence-electron chi connectivity index (χ2n) is 6.76. The molecular weight excluding hydrogens is 441 g/mol.